The van der Waals surface area contributed by atoms with Gasteiger partial charge in [0.2, 0.25) is 0 Å². The van der Waals surface area contributed by atoms with E-state index >= 15 is 0 Å². The van der Waals surface area contributed by atoms with Gasteiger partial charge in [0.25, 0.3) is 0 Å². The molecule has 1 N–H and O–H groups in total. The predicted octanol–water partition coefficient (Wildman–Crippen LogP) is 1.63. The molecule has 0 aromatic rings. The lowest BCUT2D eigenvalue weighted by atomic mass is 10.0. The molecule has 2 rings (SSSR count). The first-order valence-corrected chi connectivity index (χ1v) is 6.89. The van der Waals surface area contributed by atoms with E-state index in [0.29, 0.717) is 6.10 Å². The average molecular weight is 226 g/mol. The molecule has 0 amide bonds. The van der Waals surface area contributed by atoms with Gasteiger partial charge in [0.15, 0.2) is 0 Å². The number of hydrogen-bond acceptors (Lipinski definition) is 3. The lowest BCUT2D eigenvalue weighted by Gasteiger charge is -2.32. The summed E-state index contributed by atoms with van der Waals surface area (Å²) < 4.78 is 5.65. The molecule has 2 atom stereocenters. The molecule has 16 heavy (non-hydrogen) atoms. The van der Waals surface area contributed by atoms with Gasteiger partial charge in [-0.15, -0.1) is 0 Å². The van der Waals surface area contributed by atoms with E-state index in [-0.39, 0.29) is 0 Å². The van der Waals surface area contributed by atoms with Crippen LogP contribution in [0.4, 0.5) is 0 Å². The van der Waals surface area contributed by atoms with Crippen LogP contribution in [0.1, 0.15) is 38.5 Å². The lowest BCUT2D eigenvalue weighted by molar-refractivity contribution is 0.0964. The Morgan fingerprint density at radius 2 is 2.25 bits per heavy atom. The number of likely N-dealkylation sites (tertiary alicyclic amines) is 1. The van der Waals surface area contributed by atoms with Gasteiger partial charge in [-0.3, -0.25) is 0 Å². The Kier molecular flexibility index (Phi) is 5.07. The van der Waals surface area contributed by atoms with Crippen LogP contribution in [0.5, 0.6) is 0 Å². The molecule has 2 heterocycles. The minimum atomic E-state index is 0.574. The minimum Gasteiger partial charge on any atom is -0.378 e. The van der Waals surface area contributed by atoms with Crippen LogP contribution in [0.3, 0.4) is 0 Å². The summed E-state index contributed by atoms with van der Waals surface area (Å²) in [7, 11) is 2.08. The fraction of sp³-hybridized carbons (Fsp3) is 1.00. The molecule has 2 saturated heterocycles. The molecular formula is C13H26N2O. The van der Waals surface area contributed by atoms with Gasteiger partial charge >= 0.3 is 0 Å². The molecule has 2 aliphatic heterocycles. The van der Waals surface area contributed by atoms with E-state index in [1.165, 1.54) is 58.2 Å². The normalized spacial score (nSPS) is 32.1. The van der Waals surface area contributed by atoms with E-state index < -0.39 is 0 Å². The third-order valence-corrected chi connectivity index (χ3v) is 3.94. The minimum absolute atomic E-state index is 0.574. The van der Waals surface area contributed by atoms with Gasteiger partial charge in [0.05, 0.1) is 6.10 Å². The Balaban J connectivity index is 1.58. The second-order valence-electron chi connectivity index (χ2n) is 5.21. The van der Waals surface area contributed by atoms with Crippen molar-refractivity contribution in [3.63, 3.8) is 0 Å². The maximum absolute atomic E-state index is 5.65. The van der Waals surface area contributed by atoms with E-state index in [4.69, 9.17) is 4.74 Å². The number of rotatable bonds is 5. The molecule has 0 bridgehead atoms. The zero-order valence-corrected chi connectivity index (χ0v) is 10.6. The van der Waals surface area contributed by atoms with Crippen molar-refractivity contribution in [2.75, 3.05) is 33.3 Å². The van der Waals surface area contributed by atoms with Gasteiger partial charge in [-0.2, -0.15) is 0 Å². The SMILES string of the molecule is CNC1CCCN(CCCC2CCCO2)C1. The van der Waals surface area contributed by atoms with Crippen molar-refractivity contribution in [1.82, 2.24) is 10.2 Å². The van der Waals surface area contributed by atoms with Crippen molar-refractivity contribution in [3.8, 4) is 0 Å². The maximum Gasteiger partial charge on any atom is 0.0576 e. The molecular weight excluding hydrogens is 200 g/mol. The van der Waals surface area contributed by atoms with Crippen molar-refractivity contribution >= 4 is 0 Å². The molecule has 2 unspecified atom stereocenters. The third kappa shape index (κ3) is 3.72. The highest BCUT2D eigenvalue weighted by molar-refractivity contribution is 4.77. The number of ether oxygens (including phenoxy) is 1. The van der Waals surface area contributed by atoms with Crippen LogP contribution in [0, 0.1) is 0 Å². The molecule has 0 spiro atoms. The Bertz CT molecular complexity index is 192. The van der Waals surface area contributed by atoms with Gasteiger partial charge in [0, 0.05) is 19.2 Å². The van der Waals surface area contributed by atoms with Gasteiger partial charge in [-0.25, -0.2) is 0 Å². The topological polar surface area (TPSA) is 24.5 Å². The Morgan fingerprint density at radius 3 is 3.00 bits per heavy atom. The van der Waals surface area contributed by atoms with Crippen LogP contribution >= 0.6 is 0 Å². The third-order valence-electron chi connectivity index (χ3n) is 3.94. The maximum atomic E-state index is 5.65. The molecule has 3 heteroatoms. The molecule has 2 fully saturated rings. The molecule has 0 aliphatic carbocycles. The largest absolute Gasteiger partial charge is 0.378 e. The van der Waals surface area contributed by atoms with Crippen molar-refractivity contribution in [2.45, 2.75) is 50.7 Å². The molecule has 0 radical (unpaired) electrons. The van der Waals surface area contributed by atoms with Crippen molar-refractivity contribution in [3.05, 3.63) is 0 Å². The molecule has 0 aromatic carbocycles. The van der Waals surface area contributed by atoms with Crippen LogP contribution in [-0.4, -0.2) is 50.3 Å². The first kappa shape index (κ1) is 12.3. The highest BCUT2D eigenvalue weighted by Crippen LogP contribution is 2.17. The lowest BCUT2D eigenvalue weighted by Crippen LogP contribution is -2.44. The Morgan fingerprint density at radius 1 is 1.31 bits per heavy atom. The predicted molar refractivity (Wildman–Crippen MR) is 66.7 cm³/mol. The molecule has 0 saturated carbocycles. The molecule has 2 aliphatic rings. The number of piperidine rings is 1. The van der Waals surface area contributed by atoms with E-state index in [2.05, 4.69) is 17.3 Å². The summed E-state index contributed by atoms with van der Waals surface area (Å²) in [5.74, 6) is 0. The van der Waals surface area contributed by atoms with E-state index in [9.17, 15) is 0 Å². The molecule has 94 valence electrons. The Hall–Kier alpha value is -0.120. The van der Waals surface area contributed by atoms with Gasteiger partial charge in [-0.1, -0.05) is 0 Å². The monoisotopic (exact) mass is 226 g/mol. The number of nitrogens with one attached hydrogen (secondary N) is 1. The second kappa shape index (κ2) is 6.58. The summed E-state index contributed by atoms with van der Waals surface area (Å²) in [6, 6.07) is 0.719. The number of hydrogen-bond donors (Lipinski definition) is 1. The summed E-state index contributed by atoms with van der Waals surface area (Å²) in [5, 5.41) is 3.40. The van der Waals surface area contributed by atoms with Crippen LogP contribution in [0.15, 0.2) is 0 Å². The highest BCUT2D eigenvalue weighted by Gasteiger charge is 2.19. The standard InChI is InChI=1S/C13H26N2O/c1-14-12-5-2-8-15(11-12)9-3-6-13-7-4-10-16-13/h12-14H,2-11H2,1H3. The van der Waals surface area contributed by atoms with Crippen molar-refractivity contribution < 1.29 is 4.74 Å². The van der Waals surface area contributed by atoms with Crippen LogP contribution in [0.2, 0.25) is 0 Å². The summed E-state index contributed by atoms with van der Waals surface area (Å²) >= 11 is 0. The quantitative estimate of drug-likeness (QED) is 0.771. The van der Waals surface area contributed by atoms with E-state index in [1.54, 1.807) is 0 Å². The molecule has 0 aromatic heterocycles. The number of nitrogens with zero attached hydrogens (tertiary/aromatic N) is 1. The fourth-order valence-corrected chi connectivity index (χ4v) is 2.91. The fourth-order valence-electron chi connectivity index (χ4n) is 2.91. The summed E-state index contributed by atoms with van der Waals surface area (Å²) in [5.41, 5.74) is 0. The summed E-state index contributed by atoms with van der Waals surface area (Å²) in [4.78, 5) is 2.61. The number of likely N-dealkylation sites (N-methyl/N-ethyl adjacent to an activating group) is 1. The van der Waals surface area contributed by atoms with Crippen LogP contribution < -0.4 is 5.32 Å². The first-order chi connectivity index (χ1) is 7.88. The molecule has 3 nitrogen and oxygen atoms in total. The van der Waals surface area contributed by atoms with Gasteiger partial charge in [0.1, 0.15) is 0 Å². The van der Waals surface area contributed by atoms with Gasteiger partial charge in [-0.05, 0) is 58.7 Å². The zero-order valence-electron chi connectivity index (χ0n) is 10.6. The van der Waals surface area contributed by atoms with Crippen LogP contribution in [0.25, 0.3) is 0 Å². The smallest absolute Gasteiger partial charge is 0.0576 e. The first-order valence-electron chi connectivity index (χ1n) is 6.89. The van der Waals surface area contributed by atoms with Gasteiger partial charge < -0.3 is 15.0 Å². The summed E-state index contributed by atoms with van der Waals surface area (Å²) in [6.07, 6.45) is 8.41. The average Bonchev–Trinajstić information content (AvgIpc) is 2.82. The Labute approximate surface area is 99.5 Å². The zero-order chi connectivity index (χ0) is 11.2. The van der Waals surface area contributed by atoms with E-state index in [0.717, 1.165) is 12.6 Å². The van der Waals surface area contributed by atoms with Crippen LogP contribution in [-0.2, 0) is 4.74 Å². The van der Waals surface area contributed by atoms with E-state index in [1.807, 2.05) is 0 Å². The van der Waals surface area contributed by atoms with Crippen molar-refractivity contribution in [1.29, 1.82) is 0 Å². The van der Waals surface area contributed by atoms with Crippen molar-refractivity contribution in [2.24, 2.45) is 0 Å². The second-order valence-corrected chi connectivity index (χ2v) is 5.21. The summed E-state index contributed by atoms with van der Waals surface area (Å²) in [6.45, 7) is 4.79. The highest BCUT2D eigenvalue weighted by atomic mass is 16.5.